The highest BCUT2D eigenvalue weighted by atomic mass is 15.3. The molecule has 0 saturated carbocycles. The van der Waals surface area contributed by atoms with Crippen molar-refractivity contribution in [2.45, 2.75) is 12.5 Å². The van der Waals surface area contributed by atoms with Crippen LogP contribution >= 0.6 is 0 Å². The van der Waals surface area contributed by atoms with Gasteiger partial charge in [0.1, 0.15) is 0 Å². The molecule has 2 aliphatic heterocycles. The van der Waals surface area contributed by atoms with Crippen molar-refractivity contribution in [3.63, 3.8) is 0 Å². The summed E-state index contributed by atoms with van der Waals surface area (Å²) in [4.78, 5) is 2.27. The second kappa shape index (κ2) is 5.27. The van der Waals surface area contributed by atoms with E-state index in [1.807, 2.05) is 12.2 Å². The van der Waals surface area contributed by atoms with Crippen LogP contribution in [-0.4, -0.2) is 44.3 Å². The van der Waals surface area contributed by atoms with Crippen LogP contribution in [-0.2, 0) is 0 Å². The number of hydrogen-bond acceptors (Lipinski definition) is 4. The van der Waals surface area contributed by atoms with Crippen LogP contribution in [0.2, 0.25) is 0 Å². The molecule has 1 fully saturated rings. The highest BCUT2D eigenvalue weighted by molar-refractivity contribution is 5.71. The zero-order valence-corrected chi connectivity index (χ0v) is 9.98. The molecule has 88 valence electrons. The van der Waals surface area contributed by atoms with E-state index in [-0.39, 0.29) is 0 Å². The Morgan fingerprint density at radius 2 is 2.31 bits per heavy atom. The highest BCUT2D eigenvalue weighted by Crippen LogP contribution is 2.22. The van der Waals surface area contributed by atoms with Crippen LogP contribution in [0, 0.1) is 5.92 Å². The highest BCUT2D eigenvalue weighted by Gasteiger charge is 2.29. The topological polar surface area (TPSA) is 39.7 Å². The Labute approximate surface area is 97.1 Å². The first-order valence-electron chi connectivity index (χ1n) is 5.82. The zero-order chi connectivity index (χ0) is 11.4. The van der Waals surface area contributed by atoms with Gasteiger partial charge in [0, 0.05) is 6.21 Å². The Morgan fingerprint density at radius 3 is 3.00 bits per heavy atom. The fourth-order valence-corrected chi connectivity index (χ4v) is 2.47. The maximum absolute atomic E-state index is 4.15. The van der Waals surface area contributed by atoms with Gasteiger partial charge in [-0.1, -0.05) is 6.08 Å². The first-order valence-corrected chi connectivity index (χ1v) is 5.82. The lowest BCUT2D eigenvalue weighted by molar-refractivity contribution is 0.245. The third kappa shape index (κ3) is 2.51. The predicted molar refractivity (Wildman–Crippen MR) is 67.3 cm³/mol. The average Bonchev–Trinajstić information content (AvgIpc) is 2.62. The monoisotopic (exact) mass is 220 g/mol. The number of likely N-dealkylation sites (N-methyl/N-ethyl adjacent to an activating group) is 1. The van der Waals surface area contributed by atoms with Crippen molar-refractivity contribution in [2.75, 3.05) is 27.2 Å². The Kier molecular flexibility index (Phi) is 3.74. The predicted octanol–water partition coefficient (Wildman–Crippen LogP) is 0.555. The molecule has 2 atom stereocenters. The summed E-state index contributed by atoms with van der Waals surface area (Å²) in [6, 6.07) is 0.412. The molecule has 0 amide bonds. The quantitative estimate of drug-likeness (QED) is 0.730. The number of nitrogens with one attached hydrogen (secondary N) is 2. The van der Waals surface area contributed by atoms with Gasteiger partial charge in [0.05, 0.1) is 11.7 Å². The van der Waals surface area contributed by atoms with E-state index < -0.39 is 0 Å². The van der Waals surface area contributed by atoms with E-state index in [0.717, 1.165) is 13.1 Å². The molecule has 0 aromatic carbocycles. The van der Waals surface area contributed by atoms with E-state index in [0.29, 0.717) is 12.0 Å². The number of nitrogens with zero attached hydrogens (tertiary/aromatic N) is 2. The molecule has 2 heterocycles. The van der Waals surface area contributed by atoms with Gasteiger partial charge in [0.2, 0.25) is 0 Å². The first kappa shape index (κ1) is 11.4. The molecule has 2 rings (SSSR count). The van der Waals surface area contributed by atoms with Gasteiger partial charge >= 0.3 is 0 Å². The molecular formula is C12H20N4. The van der Waals surface area contributed by atoms with Gasteiger partial charge in [-0.3, -0.25) is 5.43 Å². The Hall–Kier alpha value is -1.13. The summed E-state index contributed by atoms with van der Waals surface area (Å²) in [6.45, 7) is 2.22. The molecule has 1 saturated heterocycles. The van der Waals surface area contributed by atoms with Gasteiger partial charge in [-0.25, -0.2) is 0 Å². The van der Waals surface area contributed by atoms with Crippen LogP contribution in [0.4, 0.5) is 0 Å². The van der Waals surface area contributed by atoms with E-state index in [2.05, 4.69) is 40.9 Å². The second-order valence-corrected chi connectivity index (χ2v) is 4.56. The summed E-state index contributed by atoms with van der Waals surface area (Å²) in [7, 11) is 4.26. The Balaban J connectivity index is 2.14. The van der Waals surface area contributed by atoms with Crippen molar-refractivity contribution in [1.82, 2.24) is 15.6 Å². The molecule has 2 aliphatic rings. The van der Waals surface area contributed by atoms with Crippen LogP contribution in [0.15, 0.2) is 29.0 Å². The van der Waals surface area contributed by atoms with E-state index in [1.165, 1.54) is 12.1 Å². The van der Waals surface area contributed by atoms with Gasteiger partial charge in [-0.05, 0) is 51.7 Å². The molecule has 2 unspecified atom stereocenters. The van der Waals surface area contributed by atoms with E-state index in [9.17, 15) is 0 Å². The zero-order valence-electron chi connectivity index (χ0n) is 9.98. The summed E-state index contributed by atoms with van der Waals surface area (Å²) < 4.78 is 0. The molecular weight excluding hydrogens is 200 g/mol. The SMILES string of the molecule is CN(C)C(C1=CC=CC=NN1)C1CCNC1. The van der Waals surface area contributed by atoms with Crippen LogP contribution in [0.5, 0.6) is 0 Å². The van der Waals surface area contributed by atoms with Crippen molar-refractivity contribution < 1.29 is 0 Å². The van der Waals surface area contributed by atoms with Crippen molar-refractivity contribution in [2.24, 2.45) is 11.0 Å². The van der Waals surface area contributed by atoms with Crippen molar-refractivity contribution in [3.05, 3.63) is 23.9 Å². The minimum absolute atomic E-state index is 0.412. The van der Waals surface area contributed by atoms with Crippen molar-refractivity contribution in [3.8, 4) is 0 Å². The lowest BCUT2D eigenvalue weighted by Crippen LogP contribution is -2.41. The average molecular weight is 220 g/mol. The van der Waals surface area contributed by atoms with Gasteiger partial charge < -0.3 is 10.2 Å². The minimum Gasteiger partial charge on any atom is -0.316 e. The summed E-state index contributed by atoms with van der Waals surface area (Å²) in [5.74, 6) is 0.662. The standard InChI is InChI=1S/C12H20N4/c1-16(2)12(10-6-8-13-9-10)11-5-3-4-7-14-15-11/h3-5,7,10,12-13,15H,6,8-9H2,1-2H3. The third-order valence-corrected chi connectivity index (χ3v) is 3.16. The molecule has 0 spiro atoms. The molecule has 4 heteroatoms. The van der Waals surface area contributed by atoms with Crippen molar-refractivity contribution in [1.29, 1.82) is 0 Å². The first-order chi connectivity index (χ1) is 7.79. The van der Waals surface area contributed by atoms with Crippen LogP contribution < -0.4 is 10.7 Å². The largest absolute Gasteiger partial charge is 0.316 e. The summed E-state index contributed by atoms with van der Waals surface area (Å²) in [6.07, 6.45) is 9.12. The Bertz CT molecular complexity index is 311. The minimum atomic E-state index is 0.412. The summed E-state index contributed by atoms with van der Waals surface area (Å²) in [5.41, 5.74) is 4.32. The van der Waals surface area contributed by atoms with E-state index in [4.69, 9.17) is 0 Å². The number of rotatable bonds is 3. The number of hydrazone groups is 1. The molecule has 0 aromatic rings. The van der Waals surface area contributed by atoms with Gasteiger partial charge in [0.25, 0.3) is 0 Å². The molecule has 0 bridgehead atoms. The molecule has 0 aromatic heterocycles. The molecule has 2 N–H and O–H groups in total. The lowest BCUT2D eigenvalue weighted by Gasteiger charge is -2.31. The van der Waals surface area contributed by atoms with Crippen LogP contribution in [0.1, 0.15) is 6.42 Å². The molecule has 4 nitrogen and oxygen atoms in total. The maximum atomic E-state index is 4.15. The maximum Gasteiger partial charge on any atom is 0.0550 e. The normalized spacial score (nSPS) is 26.4. The number of hydrogen-bond donors (Lipinski definition) is 2. The smallest absolute Gasteiger partial charge is 0.0550 e. The lowest BCUT2D eigenvalue weighted by atomic mass is 9.95. The van der Waals surface area contributed by atoms with E-state index >= 15 is 0 Å². The second-order valence-electron chi connectivity index (χ2n) is 4.56. The fourth-order valence-electron chi connectivity index (χ4n) is 2.47. The van der Waals surface area contributed by atoms with Crippen LogP contribution in [0.3, 0.4) is 0 Å². The molecule has 16 heavy (non-hydrogen) atoms. The van der Waals surface area contributed by atoms with Gasteiger partial charge in [-0.15, -0.1) is 0 Å². The summed E-state index contributed by atoms with van der Waals surface area (Å²) in [5, 5.41) is 7.57. The van der Waals surface area contributed by atoms with Gasteiger partial charge in [-0.2, -0.15) is 5.10 Å². The fraction of sp³-hybridized carbons (Fsp3) is 0.583. The molecule has 0 aliphatic carbocycles. The van der Waals surface area contributed by atoms with Crippen LogP contribution in [0.25, 0.3) is 0 Å². The summed E-state index contributed by atoms with van der Waals surface area (Å²) >= 11 is 0. The third-order valence-electron chi connectivity index (χ3n) is 3.16. The number of allylic oxidation sites excluding steroid dienone is 3. The van der Waals surface area contributed by atoms with E-state index in [1.54, 1.807) is 6.21 Å². The molecule has 0 radical (unpaired) electrons. The Morgan fingerprint density at radius 1 is 1.44 bits per heavy atom. The van der Waals surface area contributed by atoms with Crippen molar-refractivity contribution >= 4 is 6.21 Å². The van der Waals surface area contributed by atoms with Gasteiger partial charge in [0.15, 0.2) is 0 Å².